The Morgan fingerprint density at radius 2 is 1.90 bits per heavy atom. The Morgan fingerprint density at radius 1 is 1.20 bits per heavy atom. The van der Waals surface area contributed by atoms with Gasteiger partial charge in [0.25, 0.3) is 0 Å². The molecule has 0 saturated carbocycles. The molecular weight excluding hydrogens is 258 g/mol. The molecule has 20 heavy (non-hydrogen) atoms. The Labute approximate surface area is 115 Å². The summed E-state index contributed by atoms with van der Waals surface area (Å²) in [5.74, 6) is -1.73. The van der Waals surface area contributed by atoms with Crippen LogP contribution in [0.15, 0.2) is 36.5 Å². The highest BCUT2D eigenvalue weighted by molar-refractivity contribution is 6.11. The lowest BCUT2D eigenvalue weighted by atomic mass is 10.0. The fraction of sp³-hybridized carbons (Fsp3) is 0.133. The molecule has 1 heterocycles. The van der Waals surface area contributed by atoms with Crippen LogP contribution in [0, 0.1) is 0 Å². The number of hydrogen-bond donors (Lipinski definition) is 2. The average Bonchev–Trinajstić information content (AvgIpc) is 2.46. The number of aromatic carboxylic acids is 1. The molecule has 0 aliphatic carbocycles. The summed E-state index contributed by atoms with van der Waals surface area (Å²) in [5.41, 5.74) is 0.691. The number of benzene rings is 1. The minimum Gasteiger partial charge on any atom is -0.507 e. The number of hydrogen-bond acceptors (Lipinski definition) is 4. The number of rotatable bonds is 4. The first-order valence-electron chi connectivity index (χ1n) is 6.09. The number of carbonyl (C=O) groups is 2. The maximum atomic E-state index is 12.2. The number of nitrogens with zero attached hydrogens (tertiary/aromatic N) is 1. The highest BCUT2D eigenvalue weighted by atomic mass is 16.4. The van der Waals surface area contributed by atoms with Crippen molar-refractivity contribution in [2.75, 3.05) is 0 Å². The van der Waals surface area contributed by atoms with E-state index in [2.05, 4.69) is 4.98 Å². The van der Waals surface area contributed by atoms with Crippen LogP contribution in [0.2, 0.25) is 0 Å². The highest BCUT2D eigenvalue weighted by Gasteiger charge is 2.17. The van der Waals surface area contributed by atoms with E-state index in [1.807, 2.05) is 0 Å². The second-order valence-corrected chi connectivity index (χ2v) is 4.22. The third-order valence-corrected chi connectivity index (χ3v) is 2.95. The number of carboxylic acid groups (broad SMARTS) is 1. The van der Waals surface area contributed by atoms with Crippen LogP contribution in [-0.2, 0) is 6.42 Å². The van der Waals surface area contributed by atoms with E-state index in [0.717, 1.165) is 0 Å². The summed E-state index contributed by atoms with van der Waals surface area (Å²) >= 11 is 0. The van der Waals surface area contributed by atoms with Gasteiger partial charge >= 0.3 is 5.97 Å². The molecule has 102 valence electrons. The predicted octanol–water partition coefficient (Wildman–Crippen LogP) is 2.28. The third kappa shape index (κ3) is 2.51. The number of carboxylic acids is 1. The summed E-state index contributed by atoms with van der Waals surface area (Å²) in [5, 5.41) is 18.8. The van der Waals surface area contributed by atoms with Crippen molar-refractivity contribution in [1.29, 1.82) is 0 Å². The minimum absolute atomic E-state index is 0.00812. The van der Waals surface area contributed by atoms with Crippen LogP contribution in [0.3, 0.4) is 0 Å². The highest BCUT2D eigenvalue weighted by Crippen LogP contribution is 2.20. The number of para-hydroxylation sites is 1. The molecular formula is C15H13NO4. The number of ketones is 1. The van der Waals surface area contributed by atoms with Gasteiger partial charge in [-0.1, -0.05) is 19.1 Å². The molecule has 0 saturated heterocycles. The van der Waals surface area contributed by atoms with E-state index >= 15 is 0 Å². The number of phenolic OH excluding ortho intramolecular Hbond substituents is 1. The van der Waals surface area contributed by atoms with E-state index < -0.39 is 11.8 Å². The fourth-order valence-corrected chi connectivity index (χ4v) is 1.91. The van der Waals surface area contributed by atoms with Crippen LogP contribution in [0.5, 0.6) is 5.75 Å². The van der Waals surface area contributed by atoms with Crippen molar-refractivity contribution in [3.63, 3.8) is 0 Å². The summed E-state index contributed by atoms with van der Waals surface area (Å²) in [6.45, 7) is 1.79. The van der Waals surface area contributed by atoms with Gasteiger partial charge in [-0.3, -0.25) is 9.78 Å². The van der Waals surface area contributed by atoms with Gasteiger partial charge in [-0.15, -0.1) is 0 Å². The van der Waals surface area contributed by atoms with Crippen molar-refractivity contribution in [2.24, 2.45) is 0 Å². The monoisotopic (exact) mass is 271 g/mol. The first kappa shape index (κ1) is 13.7. The van der Waals surface area contributed by atoms with Crippen LogP contribution in [0.4, 0.5) is 0 Å². The Balaban J connectivity index is 2.49. The van der Waals surface area contributed by atoms with E-state index in [9.17, 15) is 14.7 Å². The maximum absolute atomic E-state index is 12.2. The van der Waals surface area contributed by atoms with Crippen LogP contribution >= 0.6 is 0 Å². The van der Waals surface area contributed by atoms with Crippen molar-refractivity contribution in [3.05, 3.63) is 58.9 Å². The molecule has 5 nitrogen and oxygen atoms in total. The first-order valence-corrected chi connectivity index (χ1v) is 6.09. The summed E-state index contributed by atoms with van der Waals surface area (Å²) in [6, 6.07) is 7.40. The number of aryl methyl sites for hydroxylation is 1. The molecule has 0 spiro atoms. The van der Waals surface area contributed by atoms with Gasteiger partial charge in [0.05, 0.1) is 16.8 Å². The molecule has 0 amide bonds. The molecule has 0 unspecified atom stereocenters. The SMILES string of the molecule is CCc1ncc(C(=O)c2ccccc2O)cc1C(=O)O. The lowest BCUT2D eigenvalue weighted by Crippen LogP contribution is -2.09. The summed E-state index contributed by atoms with van der Waals surface area (Å²) in [7, 11) is 0. The van der Waals surface area contributed by atoms with Crippen LogP contribution in [-0.4, -0.2) is 26.9 Å². The zero-order valence-corrected chi connectivity index (χ0v) is 10.8. The lowest BCUT2D eigenvalue weighted by Gasteiger charge is -2.07. The average molecular weight is 271 g/mol. The van der Waals surface area contributed by atoms with Crippen molar-refractivity contribution in [3.8, 4) is 5.75 Å². The number of pyridine rings is 1. The van der Waals surface area contributed by atoms with Crippen molar-refractivity contribution >= 4 is 11.8 Å². The zero-order valence-electron chi connectivity index (χ0n) is 10.8. The van der Waals surface area contributed by atoms with Crippen molar-refractivity contribution in [1.82, 2.24) is 4.98 Å². The smallest absolute Gasteiger partial charge is 0.337 e. The molecule has 2 N–H and O–H groups in total. The number of aromatic nitrogens is 1. The molecule has 2 aromatic rings. The summed E-state index contributed by atoms with van der Waals surface area (Å²) < 4.78 is 0. The van der Waals surface area contributed by atoms with E-state index in [4.69, 9.17) is 5.11 Å². The zero-order chi connectivity index (χ0) is 14.7. The molecule has 2 rings (SSSR count). The van der Waals surface area contributed by atoms with E-state index in [1.54, 1.807) is 19.1 Å². The molecule has 0 atom stereocenters. The second-order valence-electron chi connectivity index (χ2n) is 4.22. The molecule has 5 heteroatoms. The Kier molecular flexibility index (Phi) is 3.79. The van der Waals surface area contributed by atoms with Crippen molar-refractivity contribution < 1.29 is 19.8 Å². The first-order chi connectivity index (χ1) is 9.54. The van der Waals surface area contributed by atoms with Gasteiger partial charge in [-0.05, 0) is 24.6 Å². The van der Waals surface area contributed by atoms with Crippen LogP contribution < -0.4 is 0 Å². The van der Waals surface area contributed by atoms with Gasteiger partial charge in [-0.25, -0.2) is 4.79 Å². The van der Waals surface area contributed by atoms with Gasteiger partial charge in [0.1, 0.15) is 5.75 Å². The van der Waals surface area contributed by atoms with Gasteiger partial charge in [0.2, 0.25) is 0 Å². The number of carbonyl (C=O) groups excluding carboxylic acids is 1. The standard InChI is InChI=1S/C15H13NO4/c1-2-12-11(15(19)20)7-9(8-16-12)14(18)10-5-3-4-6-13(10)17/h3-8,17H,2H2,1H3,(H,19,20). The molecule has 0 fully saturated rings. The molecule has 0 bridgehead atoms. The second kappa shape index (κ2) is 5.52. The van der Waals surface area contributed by atoms with Gasteiger partial charge in [0, 0.05) is 11.8 Å². The fourth-order valence-electron chi connectivity index (χ4n) is 1.91. The Hall–Kier alpha value is -2.69. The van der Waals surface area contributed by atoms with Crippen molar-refractivity contribution in [2.45, 2.75) is 13.3 Å². The van der Waals surface area contributed by atoms with Crippen LogP contribution in [0.25, 0.3) is 0 Å². The largest absolute Gasteiger partial charge is 0.507 e. The number of aromatic hydroxyl groups is 1. The summed E-state index contributed by atoms with van der Waals surface area (Å²) in [4.78, 5) is 27.4. The molecule has 0 aliphatic heterocycles. The van der Waals surface area contributed by atoms with E-state index in [-0.39, 0.29) is 22.4 Å². The normalized spacial score (nSPS) is 10.2. The predicted molar refractivity (Wildman–Crippen MR) is 72.1 cm³/mol. The third-order valence-electron chi connectivity index (χ3n) is 2.95. The number of phenols is 1. The lowest BCUT2D eigenvalue weighted by molar-refractivity contribution is 0.0695. The maximum Gasteiger partial charge on any atom is 0.337 e. The summed E-state index contributed by atoms with van der Waals surface area (Å²) in [6.07, 6.45) is 1.80. The molecule has 0 aliphatic rings. The van der Waals surface area contributed by atoms with Gasteiger partial charge in [-0.2, -0.15) is 0 Å². The van der Waals surface area contributed by atoms with Gasteiger partial charge < -0.3 is 10.2 Å². The molecule has 0 radical (unpaired) electrons. The van der Waals surface area contributed by atoms with Crippen LogP contribution in [0.1, 0.15) is 38.9 Å². The van der Waals surface area contributed by atoms with E-state index in [1.165, 1.54) is 24.4 Å². The molecule has 1 aromatic carbocycles. The minimum atomic E-state index is -1.12. The van der Waals surface area contributed by atoms with E-state index in [0.29, 0.717) is 12.1 Å². The van der Waals surface area contributed by atoms with Gasteiger partial charge in [0.15, 0.2) is 5.78 Å². The molecule has 1 aromatic heterocycles. The quantitative estimate of drug-likeness (QED) is 0.833. The Morgan fingerprint density at radius 3 is 2.50 bits per heavy atom. The topological polar surface area (TPSA) is 87.5 Å². The Bertz CT molecular complexity index is 679.